The van der Waals surface area contributed by atoms with Crippen molar-refractivity contribution in [2.24, 2.45) is 59.2 Å². The molecule has 0 nitrogen and oxygen atoms in total. The van der Waals surface area contributed by atoms with Crippen molar-refractivity contribution in [3.05, 3.63) is 0 Å². The predicted molar refractivity (Wildman–Crippen MR) is 94.5 cm³/mol. The van der Waals surface area contributed by atoms with Crippen LogP contribution in [0.5, 0.6) is 0 Å². The van der Waals surface area contributed by atoms with Crippen LogP contribution in [0.4, 0.5) is 0 Å². The molecule has 0 spiro atoms. The Morgan fingerprint density at radius 2 is 1.41 bits per heavy atom. The molecular weight excluding hydrogens is 264 g/mol. The lowest BCUT2D eigenvalue weighted by Gasteiger charge is -2.48. The summed E-state index contributed by atoms with van der Waals surface area (Å²) in [6.07, 6.45) is 12.3. The molecule has 4 rings (SSSR count). The lowest BCUT2D eigenvalue weighted by Crippen LogP contribution is -2.41. The van der Waals surface area contributed by atoms with E-state index in [-0.39, 0.29) is 0 Å². The third-order valence-corrected chi connectivity index (χ3v) is 9.32. The number of fused-ring (bicyclic) bond motifs is 4. The first-order chi connectivity index (χ1) is 10.6. The molecular formula is C22H38. The van der Waals surface area contributed by atoms with Gasteiger partial charge in [-0.05, 0) is 84.9 Å². The zero-order chi connectivity index (χ0) is 15.4. The molecule has 4 fully saturated rings. The molecule has 4 aliphatic rings. The molecule has 0 aromatic heterocycles. The molecule has 8 unspecified atom stereocenters. The van der Waals surface area contributed by atoms with Gasteiger partial charge in [0.15, 0.2) is 0 Å². The molecule has 0 aliphatic heterocycles. The average molecular weight is 303 g/mol. The van der Waals surface area contributed by atoms with Crippen molar-refractivity contribution in [1.82, 2.24) is 0 Å². The molecule has 10 atom stereocenters. The third-order valence-electron chi connectivity index (χ3n) is 9.32. The molecule has 126 valence electrons. The molecule has 0 aromatic carbocycles. The van der Waals surface area contributed by atoms with Crippen LogP contribution in [0.15, 0.2) is 0 Å². The Bertz CT molecular complexity index is 399. The summed E-state index contributed by atoms with van der Waals surface area (Å²) in [5.74, 6) is 10.6. The van der Waals surface area contributed by atoms with Gasteiger partial charge in [-0.25, -0.2) is 0 Å². The second kappa shape index (κ2) is 5.82. The molecule has 22 heavy (non-hydrogen) atoms. The summed E-state index contributed by atoms with van der Waals surface area (Å²) >= 11 is 0. The normalized spacial score (nSPS) is 57.8. The molecule has 0 aromatic rings. The van der Waals surface area contributed by atoms with Crippen molar-refractivity contribution in [2.75, 3.05) is 0 Å². The van der Waals surface area contributed by atoms with Gasteiger partial charge in [-0.3, -0.25) is 0 Å². The van der Waals surface area contributed by atoms with Crippen LogP contribution in [0.2, 0.25) is 0 Å². The number of hydrogen-bond donors (Lipinski definition) is 0. The van der Waals surface area contributed by atoms with E-state index in [4.69, 9.17) is 0 Å². The minimum Gasteiger partial charge on any atom is -0.0651 e. The van der Waals surface area contributed by atoms with Gasteiger partial charge in [0.2, 0.25) is 0 Å². The zero-order valence-corrected chi connectivity index (χ0v) is 15.4. The summed E-state index contributed by atoms with van der Waals surface area (Å²) in [6.45, 7) is 10.4. The van der Waals surface area contributed by atoms with E-state index in [0.717, 1.165) is 59.2 Å². The number of hydrogen-bond acceptors (Lipinski definition) is 0. The van der Waals surface area contributed by atoms with Gasteiger partial charge in [0.05, 0.1) is 0 Å². The van der Waals surface area contributed by atoms with Crippen molar-refractivity contribution in [3.8, 4) is 0 Å². The SMILES string of the molecule is CCC1CCC2C3C[C@@H]4CCCC[C@@H]4C(C)C3C(C)C2C1C. The molecule has 0 heterocycles. The van der Waals surface area contributed by atoms with Crippen LogP contribution in [-0.2, 0) is 0 Å². The highest BCUT2D eigenvalue weighted by Gasteiger charge is 2.57. The van der Waals surface area contributed by atoms with E-state index >= 15 is 0 Å². The highest BCUT2D eigenvalue weighted by atomic mass is 14.6. The minimum atomic E-state index is 0.999. The molecule has 0 amide bonds. The topological polar surface area (TPSA) is 0 Å². The van der Waals surface area contributed by atoms with Crippen LogP contribution in [-0.4, -0.2) is 0 Å². The highest BCUT2D eigenvalue weighted by molar-refractivity contribution is 5.06. The first-order valence-electron chi connectivity index (χ1n) is 10.6. The van der Waals surface area contributed by atoms with Crippen LogP contribution in [0.1, 0.15) is 79.1 Å². The van der Waals surface area contributed by atoms with E-state index in [1.54, 1.807) is 25.7 Å². The lowest BCUT2D eigenvalue weighted by atomic mass is 9.57. The molecule has 0 saturated heterocycles. The third kappa shape index (κ3) is 2.15. The quantitative estimate of drug-likeness (QED) is 0.525. The van der Waals surface area contributed by atoms with Crippen LogP contribution in [0.3, 0.4) is 0 Å². The van der Waals surface area contributed by atoms with Gasteiger partial charge in [-0.2, -0.15) is 0 Å². The molecule has 4 saturated carbocycles. The Labute approximate surface area is 138 Å². The van der Waals surface area contributed by atoms with E-state index in [9.17, 15) is 0 Å². The fourth-order valence-electron chi connectivity index (χ4n) is 8.50. The van der Waals surface area contributed by atoms with Crippen molar-refractivity contribution in [1.29, 1.82) is 0 Å². The Balaban J connectivity index is 1.61. The first-order valence-corrected chi connectivity index (χ1v) is 10.6. The Kier molecular flexibility index (Phi) is 4.10. The smallest absolute Gasteiger partial charge is 0.0326 e. The summed E-state index contributed by atoms with van der Waals surface area (Å²) in [5.41, 5.74) is 0. The van der Waals surface area contributed by atoms with Crippen LogP contribution in [0.25, 0.3) is 0 Å². The van der Waals surface area contributed by atoms with Gasteiger partial charge in [-0.15, -0.1) is 0 Å². The molecule has 0 N–H and O–H groups in total. The Morgan fingerprint density at radius 1 is 0.682 bits per heavy atom. The van der Waals surface area contributed by atoms with Crippen molar-refractivity contribution in [2.45, 2.75) is 79.1 Å². The second-order valence-corrected chi connectivity index (χ2v) is 9.75. The first kappa shape index (κ1) is 15.5. The maximum atomic E-state index is 2.66. The Morgan fingerprint density at radius 3 is 2.18 bits per heavy atom. The zero-order valence-electron chi connectivity index (χ0n) is 15.4. The van der Waals surface area contributed by atoms with E-state index in [1.807, 2.05) is 0 Å². The van der Waals surface area contributed by atoms with Gasteiger partial charge < -0.3 is 0 Å². The maximum absolute atomic E-state index is 2.66. The fourth-order valence-corrected chi connectivity index (χ4v) is 8.50. The predicted octanol–water partition coefficient (Wildman–Crippen LogP) is 6.40. The standard InChI is InChI=1S/C22H38/c1-5-16-10-11-19-20-12-17-8-6-7-9-18(17)14(3)22(20)15(4)21(19)13(16)2/h13-22H,5-12H2,1-4H3/t13?,14?,15?,16?,17-,18+,19?,20?,21?,22?/m0/s1. The minimum absolute atomic E-state index is 0.999. The van der Waals surface area contributed by atoms with E-state index in [1.165, 1.54) is 25.7 Å². The summed E-state index contributed by atoms with van der Waals surface area (Å²) < 4.78 is 0. The van der Waals surface area contributed by atoms with Crippen LogP contribution in [0, 0.1) is 59.2 Å². The lowest BCUT2D eigenvalue weighted by molar-refractivity contribution is 0.00780. The van der Waals surface area contributed by atoms with Crippen LogP contribution < -0.4 is 0 Å². The maximum Gasteiger partial charge on any atom is -0.0326 e. The second-order valence-electron chi connectivity index (χ2n) is 9.75. The van der Waals surface area contributed by atoms with Crippen LogP contribution >= 0.6 is 0 Å². The number of rotatable bonds is 1. The van der Waals surface area contributed by atoms with Crippen molar-refractivity contribution < 1.29 is 0 Å². The van der Waals surface area contributed by atoms with Gasteiger partial charge in [0, 0.05) is 0 Å². The molecule has 4 aliphatic carbocycles. The molecule has 0 heteroatoms. The van der Waals surface area contributed by atoms with Crippen molar-refractivity contribution in [3.63, 3.8) is 0 Å². The summed E-state index contributed by atoms with van der Waals surface area (Å²) in [7, 11) is 0. The van der Waals surface area contributed by atoms with Gasteiger partial charge in [0.25, 0.3) is 0 Å². The average Bonchev–Trinajstić information content (AvgIpc) is 2.82. The van der Waals surface area contributed by atoms with Gasteiger partial charge in [-0.1, -0.05) is 53.4 Å². The molecule has 0 bridgehead atoms. The van der Waals surface area contributed by atoms with Crippen molar-refractivity contribution >= 4 is 0 Å². The highest BCUT2D eigenvalue weighted by Crippen LogP contribution is 2.64. The summed E-state index contributed by atoms with van der Waals surface area (Å²) in [4.78, 5) is 0. The van der Waals surface area contributed by atoms with E-state index in [2.05, 4.69) is 27.7 Å². The van der Waals surface area contributed by atoms with Gasteiger partial charge >= 0.3 is 0 Å². The summed E-state index contributed by atoms with van der Waals surface area (Å²) in [6, 6.07) is 0. The monoisotopic (exact) mass is 302 g/mol. The van der Waals surface area contributed by atoms with E-state index < -0.39 is 0 Å². The van der Waals surface area contributed by atoms with Gasteiger partial charge in [0.1, 0.15) is 0 Å². The molecule has 0 radical (unpaired) electrons. The van der Waals surface area contributed by atoms with E-state index in [0.29, 0.717) is 0 Å². The largest absolute Gasteiger partial charge is 0.0651 e. The fraction of sp³-hybridized carbons (Fsp3) is 1.00. The summed E-state index contributed by atoms with van der Waals surface area (Å²) in [5, 5.41) is 0. The Hall–Kier alpha value is 0.